The summed E-state index contributed by atoms with van der Waals surface area (Å²) in [5.41, 5.74) is 1.26. The van der Waals surface area contributed by atoms with Crippen molar-refractivity contribution in [2.24, 2.45) is 7.05 Å². The second kappa shape index (κ2) is 7.37. The first-order valence-corrected chi connectivity index (χ1v) is 8.88. The zero-order valence-electron chi connectivity index (χ0n) is 14.6. The maximum Gasteiger partial charge on any atom is 0.227 e. The third-order valence-electron chi connectivity index (χ3n) is 4.73. The minimum Gasteiger partial charge on any atom is -0.378 e. The largest absolute Gasteiger partial charge is 0.378 e. The first kappa shape index (κ1) is 16.3. The summed E-state index contributed by atoms with van der Waals surface area (Å²) in [4.78, 5) is 13.7. The Balaban J connectivity index is 1.33. The molecule has 1 unspecified atom stereocenters. The van der Waals surface area contributed by atoms with E-state index in [1.165, 1.54) is 5.56 Å². The number of likely N-dealkylation sites (tertiary alicyclic amines) is 1. The summed E-state index contributed by atoms with van der Waals surface area (Å²) in [5, 5.41) is 7.81. The van der Waals surface area contributed by atoms with Crippen LogP contribution >= 0.6 is 0 Å². The van der Waals surface area contributed by atoms with E-state index in [2.05, 4.69) is 36.4 Å². The minimum absolute atomic E-state index is 0.420. The Morgan fingerprint density at radius 3 is 2.96 bits per heavy atom. The molecule has 134 valence electrons. The van der Waals surface area contributed by atoms with Crippen molar-refractivity contribution < 1.29 is 4.74 Å². The molecule has 4 rings (SSSR count). The average molecular weight is 343 g/mol. The van der Waals surface area contributed by atoms with E-state index in [9.17, 15) is 0 Å². The van der Waals surface area contributed by atoms with Crippen LogP contribution in [0.5, 0.6) is 0 Å². The summed E-state index contributed by atoms with van der Waals surface area (Å²) in [6, 6.07) is 2.37. The van der Waals surface area contributed by atoms with Gasteiger partial charge in [-0.15, -0.1) is 0 Å². The van der Waals surface area contributed by atoms with Crippen LogP contribution in [0.2, 0.25) is 0 Å². The molecule has 1 atom stereocenters. The fourth-order valence-electron chi connectivity index (χ4n) is 3.46. The first-order chi connectivity index (χ1) is 12.3. The highest BCUT2D eigenvalue weighted by Crippen LogP contribution is 2.18. The van der Waals surface area contributed by atoms with Gasteiger partial charge in [0.25, 0.3) is 0 Å². The van der Waals surface area contributed by atoms with E-state index >= 15 is 0 Å². The van der Waals surface area contributed by atoms with Crippen molar-refractivity contribution in [2.45, 2.75) is 19.0 Å². The topological polar surface area (TPSA) is 71.3 Å². The molecule has 25 heavy (non-hydrogen) atoms. The van der Waals surface area contributed by atoms with Crippen LogP contribution in [-0.2, 0) is 18.3 Å². The predicted octanol–water partition coefficient (Wildman–Crippen LogP) is 0.733. The van der Waals surface area contributed by atoms with Gasteiger partial charge in [0.15, 0.2) is 0 Å². The summed E-state index contributed by atoms with van der Waals surface area (Å²) in [6.45, 7) is 6.26. The number of morpholine rings is 1. The Labute approximate surface area is 147 Å². The molecule has 4 heterocycles. The molecule has 2 aliphatic rings. The molecule has 0 saturated carbocycles. The van der Waals surface area contributed by atoms with Gasteiger partial charge in [-0.05, 0) is 12.5 Å². The first-order valence-electron chi connectivity index (χ1n) is 8.88. The Kier molecular flexibility index (Phi) is 4.80. The van der Waals surface area contributed by atoms with Gasteiger partial charge in [0.1, 0.15) is 5.82 Å². The van der Waals surface area contributed by atoms with Crippen LogP contribution in [0.4, 0.5) is 11.8 Å². The predicted molar refractivity (Wildman–Crippen MR) is 95.6 cm³/mol. The Morgan fingerprint density at radius 1 is 1.28 bits per heavy atom. The van der Waals surface area contributed by atoms with Crippen molar-refractivity contribution in [3.8, 4) is 0 Å². The Hall–Kier alpha value is -2.19. The van der Waals surface area contributed by atoms with Crippen molar-refractivity contribution in [2.75, 3.05) is 49.6 Å². The van der Waals surface area contributed by atoms with Gasteiger partial charge in [-0.25, -0.2) is 4.98 Å². The summed E-state index contributed by atoms with van der Waals surface area (Å²) in [7, 11) is 1.96. The number of nitrogens with one attached hydrogen (secondary N) is 1. The fourth-order valence-corrected chi connectivity index (χ4v) is 3.46. The number of aromatic nitrogens is 4. The molecule has 0 aromatic carbocycles. The average Bonchev–Trinajstić information content (AvgIpc) is 3.25. The van der Waals surface area contributed by atoms with Gasteiger partial charge >= 0.3 is 0 Å². The quantitative estimate of drug-likeness (QED) is 0.858. The van der Waals surface area contributed by atoms with Crippen molar-refractivity contribution in [1.82, 2.24) is 24.6 Å². The number of hydrogen-bond acceptors (Lipinski definition) is 7. The highest BCUT2D eigenvalue weighted by molar-refractivity contribution is 5.42. The lowest BCUT2D eigenvalue weighted by atomic mass is 10.2. The highest BCUT2D eigenvalue weighted by atomic mass is 16.5. The zero-order valence-corrected chi connectivity index (χ0v) is 14.6. The van der Waals surface area contributed by atoms with Gasteiger partial charge < -0.3 is 15.0 Å². The second-order valence-electron chi connectivity index (χ2n) is 6.73. The van der Waals surface area contributed by atoms with Crippen LogP contribution < -0.4 is 10.2 Å². The summed E-state index contributed by atoms with van der Waals surface area (Å²) in [5.74, 6) is 1.70. The maximum absolute atomic E-state index is 5.40. The molecule has 0 radical (unpaired) electrons. The molecule has 1 N–H and O–H groups in total. The second-order valence-corrected chi connectivity index (χ2v) is 6.73. The van der Waals surface area contributed by atoms with Crippen LogP contribution in [0.15, 0.2) is 24.7 Å². The van der Waals surface area contributed by atoms with Gasteiger partial charge in [-0.3, -0.25) is 9.58 Å². The van der Waals surface area contributed by atoms with Crippen molar-refractivity contribution in [1.29, 1.82) is 0 Å². The SMILES string of the molecule is Cn1cc(CN2CCC(Nc3ccnc(N4CCOCC4)n3)C2)cn1. The van der Waals surface area contributed by atoms with Crippen LogP contribution in [-0.4, -0.2) is 70.1 Å². The molecular weight excluding hydrogens is 318 g/mol. The van der Waals surface area contributed by atoms with E-state index in [0.29, 0.717) is 6.04 Å². The number of nitrogens with zero attached hydrogens (tertiary/aromatic N) is 6. The van der Waals surface area contributed by atoms with E-state index in [-0.39, 0.29) is 0 Å². The molecule has 2 saturated heterocycles. The van der Waals surface area contributed by atoms with E-state index in [4.69, 9.17) is 4.74 Å². The molecule has 2 aliphatic heterocycles. The normalized spacial score (nSPS) is 21.6. The molecule has 0 amide bonds. The lowest BCUT2D eigenvalue weighted by Crippen LogP contribution is -2.37. The number of rotatable bonds is 5. The number of hydrogen-bond donors (Lipinski definition) is 1. The van der Waals surface area contributed by atoms with Crippen molar-refractivity contribution in [3.05, 3.63) is 30.2 Å². The maximum atomic E-state index is 5.40. The van der Waals surface area contributed by atoms with E-state index in [1.54, 1.807) is 0 Å². The summed E-state index contributed by atoms with van der Waals surface area (Å²) >= 11 is 0. The molecule has 0 aliphatic carbocycles. The molecular formula is C17H25N7O. The standard InChI is InChI=1S/C17H25N7O/c1-22-11-14(10-19-22)12-23-5-3-15(13-23)20-16-2-4-18-17(21-16)24-6-8-25-9-7-24/h2,4,10-11,15H,3,5-9,12-13H2,1H3,(H,18,20,21). The van der Waals surface area contributed by atoms with Gasteiger partial charge in [0.2, 0.25) is 5.95 Å². The fraction of sp³-hybridized carbons (Fsp3) is 0.588. The smallest absolute Gasteiger partial charge is 0.227 e. The monoisotopic (exact) mass is 343 g/mol. The molecule has 2 aromatic heterocycles. The number of anilines is 2. The van der Waals surface area contributed by atoms with Gasteiger partial charge in [-0.2, -0.15) is 10.1 Å². The van der Waals surface area contributed by atoms with Crippen LogP contribution in [0.25, 0.3) is 0 Å². The molecule has 2 fully saturated rings. The molecule has 8 nitrogen and oxygen atoms in total. The third kappa shape index (κ3) is 4.08. The summed E-state index contributed by atoms with van der Waals surface area (Å²) < 4.78 is 7.25. The lowest BCUT2D eigenvalue weighted by Gasteiger charge is -2.27. The Morgan fingerprint density at radius 2 is 2.16 bits per heavy atom. The van der Waals surface area contributed by atoms with Crippen LogP contribution in [0.1, 0.15) is 12.0 Å². The molecule has 2 aromatic rings. The molecule has 0 bridgehead atoms. The third-order valence-corrected chi connectivity index (χ3v) is 4.73. The van der Waals surface area contributed by atoms with Crippen LogP contribution in [0, 0.1) is 0 Å². The van der Waals surface area contributed by atoms with Crippen LogP contribution in [0.3, 0.4) is 0 Å². The summed E-state index contributed by atoms with van der Waals surface area (Å²) in [6.07, 6.45) is 6.99. The Bertz CT molecular complexity index is 698. The minimum atomic E-state index is 0.420. The highest BCUT2D eigenvalue weighted by Gasteiger charge is 2.23. The van der Waals surface area contributed by atoms with E-state index in [0.717, 1.165) is 64.1 Å². The zero-order chi connectivity index (χ0) is 17.1. The van der Waals surface area contributed by atoms with Gasteiger partial charge in [0, 0.05) is 63.8 Å². The van der Waals surface area contributed by atoms with Crippen molar-refractivity contribution in [3.63, 3.8) is 0 Å². The number of aryl methyl sites for hydroxylation is 1. The van der Waals surface area contributed by atoms with Crippen molar-refractivity contribution >= 4 is 11.8 Å². The number of ether oxygens (including phenoxy) is 1. The van der Waals surface area contributed by atoms with Gasteiger partial charge in [0.05, 0.1) is 19.4 Å². The lowest BCUT2D eigenvalue weighted by molar-refractivity contribution is 0.122. The van der Waals surface area contributed by atoms with E-state index in [1.807, 2.05) is 30.2 Å². The molecule has 0 spiro atoms. The van der Waals surface area contributed by atoms with Gasteiger partial charge in [-0.1, -0.05) is 0 Å². The molecule has 8 heteroatoms. The van der Waals surface area contributed by atoms with E-state index < -0.39 is 0 Å².